The lowest BCUT2D eigenvalue weighted by molar-refractivity contribution is 0.0264. The maximum Gasteiger partial charge on any atom is 0.287 e. The van der Waals surface area contributed by atoms with E-state index in [0.29, 0.717) is 25.0 Å². The smallest absolute Gasteiger partial charge is 0.287 e. The molecular weight excluding hydrogens is 435 g/mol. The Morgan fingerprint density at radius 2 is 2.12 bits per heavy atom. The first-order valence-electron chi connectivity index (χ1n) is 8.71. The number of piperidine rings is 1. The molecule has 0 unspecified atom stereocenters. The Labute approximate surface area is 166 Å². The molecule has 0 aliphatic carbocycles. The molecule has 1 aromatic rings. The van der Waals surface area contributed by atoms with Crippen molar-refractivity contribution in [1.29, 1.82) is 0 Å². The zero-order valence-electron chi connectivity index (χ0n) is 15.0. The molecule has 0 radical (unpaired) electrons. The van der Waals surface area contributed by atoms with Gasteiger partial charge in [0.25, 0.3) is 5.91 Å². The topological polar surface area (TPSA) is 79.1 Å². The minimum Gasteiger partial charge on any atom is -0.459 e. The zero-order chi connectivity index (χ0) is 17.2. The van der Waals surface area contributed by atoms with Gasteiger partial charge in [-0.15, -0.1) is 24.0 Å². The lowest BCUT2D eigenvalue weighted by Crippen LogP contribution is -2.47. The lowest BCUT2D eigenvalue weighted by atomic mass is 10.1. The number of carbonyl (C=O) groups excluding carboxylic acids is 1. The molecule has 0 saturated carbocycles. The number of guanidine groups is 1. The molecule has 2 rings (SSSR count). The summed E-state index contributed by atoms with van der Waals surface area (Å²) < 4.78 is 10.7. The summed E-state index contributed by atoms with van der Waals surface area (Å²) in [6.07, 6.45) is 3.89. The molecule has 1 saturated heterocycles. The minimum atomic E-state index is -0.210. The van der Waals surface area contributed by atoms with Gasteiger partial charge in [0, 0.05) is 32.8 Å². The third-order valence-corrected chi connectivity index (χ3v) is 3.88. The number of ether oxygens (including phenoxy) is 1. The van der Waals surface area contributed by atoms with Gasteiger partial charge in [-0.1, -0.05) is 0 Å². The summed E-state index contributed by atoms with van der Waals surface area (Å²) in [5.74, 6) is 1.02. The van der Waals surface area contributed by atoms with E-state index in [9.17, 15) is 4.79 Å². The fourth-order valence-corrected chi connectivity index (χ4v) is 2.72. The molecule has 1 aliphatic heterocycles. The number of likely N-dealkylation sites (tertiary alicyclic amines) is 1. The highest BCUT2D eigenvalue weighted by atomic mass is 127. The standard InChI is InChI=1S/C17H28N4O3.HI/c1-3-18-17(21-11-7-14(8-12-21)23-4-2)20-10-9-19-16(22)15-6-5-13-24-15;/h5-6,13-14H,3-4,7-12H2,1-2H3,(H,18,20)(H,19,22);1H. The van der Waals surface area contributed by atoms with Crippen LogP contribution in [0.25, 0.3) is 0 Å². The van der Waals surface area contributed by atoms with Crippen molar-refractivity contribution in [2.45, 2.75) is 32.8 Å². The largest absolute Gasteiger partial charge is 0.459 e. The van der Waals surface area contributed by atoms with E-state index in [-0.39, 0.29) is 29.9 Å². The molecule has 1 aromatic heterocycles. The van der Waals surface area contributed by atoms with Crippen LogP contribution >= 0.6 is 24.0 Å². The van der Waals surface area contributed by atoms with Crippen LogP contribution in [0.15, 0.2) is 27.8 Å². The SMILES string of the molecule is CCNC(=NCCNC(=O)c1ccco1)N1CCC(OCC)CC1.I. The Morgan fingerprint density at radius 1 is 1.36 bits per heavy atom. The molecule has 2 N–H and O–H groups in total. The van der Waals surface area contributed by atoms with E-state index in [4.69, 9.17) is 9.15 Å². The van der Waals surface area contributed by atoms with Gasteiger partial charge >= 0.3 is 0 Å². The van der Waals surface area contributed by atoms with Crippen LogP contribution in [0.1, 0.15) is 37.2 Å². The number of hydrogen-bond donors (Lipinski definition) is 2. The molecule has 7 nitrogen and oxygen atoms in total. The van der Waals surface area contributed by atoms with Gasteiger partial charge in [0.1, 0.15) is 0 Å². The summed E-state index contributed by atoms with van der Waals surface area (Å²) in [7, 11) is 0. The highest BCUT2D eigenvalue weighted by Crippen LogP contribution is 2.13. The van der Waals surface area contributed by atoms with Crippen molar-refractivity contribution in [3.05, 3.63) is 24.2 Å². The van der Waals surface area contributed by atoms with Crippen molar-refractivity contribution in [2.24, 2.45) is 4.99 Å². The first-order valence-corrected chi connectivity index (χ1v) is 8.71. The number of nitrogens with zero attached hydrogens (tertiary/aromatic N) is 2. The lowest BCUT2D eigenvalue weighted by Gasteiger charge is -2.34. The minimum absolute atomic E-state index is 0. The number of furan rings is 1. The van der Waals surface area contributed by atoms with Gasteiger partial charge in [-0.3, -0.25) is 9.79 Å². The van der Waals surface area contributed by atoms with Crippen molar-refractivity contribution < 1.29 is 13.9 Å². The molecule has 142 valence electrons. The maximum absolute atomic E-state index is 11.8. The normalized spacial score (nSPS) is 15.6. The Hall–Kier alpha value is -1.29. The number of nitrogens with one attached hydrogen (secondary N) is 2. The van der Waals surface area contributed by atoms with Gasteiger partial charge in [-0.2, -0.15) is 0 Å². The Morgan fingerprint density at radius 3 is 2.72 bits per heavy atom. The van der Waals surface area contributed by atoms with Crippen LogP contribution in [-0.4, -0.2) is 62.2 Å². The second-order valence-electron chi connectivity index (χ2n) is 5.61. The summed E-state index contributed by atoms with van der Waals surface area (Å²) in [5.41, 5.74) is 0. The summed E-state index contributed by atoms with van der Waals surface area (Å²) in [6, 6.07) is 3.34. The van der Waals surface area contributed by atoms with Gasteiger partial charge in [0.05, 0.1) is 18.9 Å². The molecule has 0 spiro atoms. The van der Waals surface area contributed by atoms with E-state index >= 15 is 0 Å². The van der Waals surface area contributed by atoms with Gasteiger partial charge in [-0.25, -0.2) is 0 Å². The molecule has 0 atom stereocenters. The number of aliphatic imine (C=N–C) groups is 1. The number of carbonyl (C=O) groups is 1. The Kier molecular flexibility index (Phi) is 10.6. The third-order valence-electron chi connectivity index (χ3n) is 3.88. The number of halogens is 1. The van der Waals surface area contributed by atoms with Crippen molar-refractivity contribution in [3.8, 4) is 0 Å². The predicted octanol–water partition coefficient (Wildman–Crippen LogP) is 2.09. The summed E-state index contributed by atoms with van der Waals surface area (Å²) in [4.78, 5) is 18.6. The third kappa shape index (κ3) is 7.23. The zero-order valence-corrected chi connectivity index (χ0v) is 17.3. The van der Waals surface area contributed by atoms with E-state index in [1.54, 1.807) is 12.1 Å². The Balaban J connectivity index is 0.00000312. The average molecular weight is 464 g/mol. The van der Waals surface area contributed by atoms with Crippen LogP contribution in [0.3, 0.4) is 0 Å². The van der Waals surface area contributed by atoms with Gasteiger partial charge in [-0.05, 0) is 38.8 Å². The first kappa shape index (κ1) is 21.8. The van der Waals surface area contributed by atoms with Gasteiger partial charge in [0.15, 0.2) is 11.7 Å². The second kappa shape index (κ2) is 12.1. The van der Waals surface area contributed by atoms with Crippen LogP contribution in [0.5, 0.6) is 0 Å². The van der Waals surface area contributed by atoms with Crippen molar-refractivity contribution in [3.63, 3.8) is 0 Å². The number of rotatable bonds is 7. The molecule has 8 heteroatoms. The fraction of sp³-hybridized carbons (Fsp3) is 0.647. The van der Waals surface area contributed by atoms with Crippen LogP contribution < -0.4 is 10.6 Å². The fourth-order valence-electron chi connectivity index (χ4n) is 2.72. The van der Waals surface area contributed by atoms with Gasteiger partial charge < -0.3 is 24.7 Å². The van der Waals surface area contributed by atoms with Crippen LogP contribution in [-0.2, 0) is 4.74 Å². The highest BCUT2D eigenvalue weighted by molar-refractivity contribution is 14.0. The molecule has 1 aliphatic rings. The van der Waals surface area contributed by atoms with E-state index in [0.717, 1.165) is 45.0 Å². The predicted molar refractivity (Wildman–Crippen MR) is 109 cm³/mol. The number of hydrogen-bond acceptors (Lipinski definition) is 4. The molecule has 0 aromatic carbocycles. The van der Waals surface area contributed by atoms with Crippen LogP contribution in [0, 0.1) is 0 Å². The van der Waals surface area contributed by atoms with Crippen molar-refractivity contribution >= 4 is 35.8 Å². The van der Waals surface area contributed by atoms with E-state index in [2.05, 4.69) is 27.4 Å². The maximum atomic E-state index is 11.8. The van der Waals surface area contributed by atoms with E-state index in [1.165, 1.54) is 6.26 Å². The second-order valence-corrected chi connectivity index (χ2v) is 5.61. The van der Waals surface area contributed by atoms with Crippen LogP contribution in [0.2, 0.25) is 0 Å². The molecular formula is C17H29IN4O3. The van der Waals surface area contributed by atoms with E-state index < -0.39 is 0 Å². The van der Waals surface area contributed by atoms with Crippen molar-refractivity contribution in [2.75, 3.05) is 39.3 Å². The average Bonchev–Trinajstić information content (AvgIpc) is 3.13. The quantitative estimate of drug-likeness (QED) is 0.280. The molecule has 2 heterocycles. The van der Waals surface area contributed by atoms with E-state index in [1.807, 2.05) is 6.92 Å². The van der Waals surface area contributed by atoms with Crippen molar-refractivity contribution in [1.82, 2.24) is 15.5 Å². The molecule has 1 amide bonds. The molecule has 25 heavy (non-hydrogen) atoms. The first-order chi connectivity index (χ1) is 11.7. The summed E-state index contributed by atoms with van der Waals surface area (Å²) in [6.45, 7) is 8.57. The molecule has 1 fully saturated rings. The highest BCUT2D eigenvalue weighted by Gasteiger charge is 2.21. The summed E-state index contributed by atoms with van der Waals surface area (Å²) in [5, 5.41) is 6.12. The van der Waals surface area contributed by atoms with Crippen LogP contribution in [0.4, 0.5) is 0 Å². The monoisotopic (exact) mass is 464 g/mol. The van der Waals surface area contributed by atoms with Gasteiger partial charge in [0.2, 0.25) is 0 Å². The molecule has 0 bridgehead atoms. The Bertz CT molecular complexity index is 514. The number of amides is 1. The summed E-state index contributed by atoms with van der Waals surface area (Å²) >= 11 is 0.